The lowest BCUT2D eigenvalue weighted by Gasteiger charge is -2.16. The van der Waals surface area contributed by atoms with Crippen molar-refractivity contribution >= 4 is 29.0 Å². The van der Waals surface area contributed by atoms with Crippen LogP contribution in [0.1, 0.15) is 6.42 Å². The van der Waals surface area contributed by atoms with Crippen molar-refractivity contribution < 1.29 is 18.5 Å². The highest BCUT2D eigenvalue weighted by molar-refractivity contribution is 8.00. The number of carbonyl (C=O) groups excluding carboxylic acids is 1. The Labute approximate surface area is 163 Å². The fraction of sp³-hybridized carbons (Fsp3) is 0.158. The highest BCUT2D eigenvalue weighted by atomic mass is 32.2. The van der Waals surface area contributed by atoms with Gasteiger partial charge in [0.25, 0.3) is 10.9 Å². The van der Waals surface area contributed by atoms with Crippen LogP contribution in [0.3, 0.4) is 0 Å². The molecule has 1 amide bonds. The predicted octanol–water partition coefficient (Wildman–Crippen LogP) is 4.29. The molecule has 1 saturated heterocycles. The number of hydrogen-bond donors (Lipinski definition) is 0. The van der Waals surface area contributed by atoms with Crippen LogP contribution in [0.15, 0.2) is 64.4 Å². The van der Waals surface area contributed by atoms with Crippen LogP contribution < -0.4 is 4.90 Å². The monoisotopic (exact) mass is 399 g/mol. The molecule has 9 heteroatoms. The van der Waals surface area contributed by atoms with Crippen molar-refractivity contribution in [3.63, 3.8) is 0 Å². The van der Waals surface area contributed by atoms with Crippen LogP contribution in [0.2, 0.25) is 0 Å². The first-order chi connectivity index (χ1) is 13.5. The molecule has 1 aliphatic rings. The third kappa shape index (κ3) is 3.61. The Bertz CT molecular complexity index is 1040. The molecule has 2 heterocycles. The fourth-order valence-electron chi connectivity index (χ4n) is 2.98. The molecule has 0 saturated carbocycles. The standard InChI is InChI=1S/C19H14FN3O4S/c20-13-6-4-12(5-7-13)16-11-21-19(27-16)28-17-8-9-22(18(17)24)14-2-1-3-15(10-14)23(25)26/h1-7,10-11,17H,8-9H2. The highest BCUT2D eigenvalue weighted by Crippen LogP contribution is 2.35. The van der Waals surface area contributed by atoms with Gasteiger partial charge < -0.3 is 9.32 Å². The summed E-state index contributed by atoms with van der Waals surface area (Å²) >= 11 is 1.21. The van der Waals surface area contributed by atoms with Gasteiger partial charge in [-0.15, -0.1) is 0 Å². The van der Waals surface area contributed by atoms with Gasteiger partial charge in [0, 0.05) is 24.2 Å². The molecule has 1 unspecified atom stereocenters. The molecule has 3 aromatic rings. The van der Waals surface area contributed by atoms with E-state index in [0.29, 0.717) is 35.2 Å². The molecule has 2 aromatic carbocycles. The summed E-state index contributed by atoms with van der Waals surface area (Å²) in [4.78, 5) is 28.9. The van der Waals surface area contributed by atoms with E-state index >= 15 is 0 Å². The second kappa shape index (κ2) is 7.43. The Morgan fingerprint density at radius 3 is 2.79 bits per heavy atom. The van der Waals surface area contributed by atoms with Crippen LogP contribution in [0.5, 0.6) is 0 Å². The van der Waals surface area contributed by atoms with E-state index < -0.39 is 4.92 Å². The van der Waals surface area contributed by atoms with Crippen LogP contribution in [-0.4, -0.2) is 27.6 Å². The van der Waals surface area contributed by atoms with Gasteiger partial charge in [0.05, 0.1) is 22.1 Å². The average Bonchev–Trinajstić information content (AvgIpc) is 3.30. The van der Waals surface area contributed by atoms with Crippen molar-refractivity contribution in [3.05, 3.63) is 70.7 Å². The maximum Gasteiger partial charge on any atom is 0.271 e. The number of benzene rings is 2. The number of thioether (sulfide) groups is 1. The van der Waals surface area contributed by atoms with Crippen LogP contribution in [0.4, 0.5) is 15.8 Å². The summed E-state index contributed by atoms with van der Waals surface area (Å²) in [5.41, 5.74) is 1.14. The first kappa shape index (κ1) is 18.2. The van der Waals surface area contributed by atoms with Gasteiger partial charge in [0.2, 0.25) is 5.91 Å². The highest BCUT2D eigenvalue weighted by Gasteiger charge is 2.35. The van der Waals surface area contributed by atoms with Crippen molar-refractivity contribution in [1.82, 2.24) is 4.98 Å². The fourth-order valence-corrected chi connectivity index (χ4v) is 3.92. The molecule has 1 fully saturated rings. The molecule has 1 aliphatic heterocycles. The summed E-state index contributed by atoms with van der Waals surface area (Å²) in [6.07, 6.45) is 2.10. The zero-order valence-corrected chi connectivity index (χ0v) is 15.3. The number of oxazole rings is 1. The smallest absolute Gasteiger partial charge is 0.271 e. The molecule has 1 aromatic heterocycles. The molecule has 0 radical (unpaired) electrons. The van der Waals surface area contributed by atoms with Gasteiger partial charge in [-0.2, -0.15) is 0 Å². The van der Waals surface area contributed by atoms with Crippen molar-refractivity contribution in [2.75, 3.05) is 11.4 Å². The SMILES string of the molecule is O=C1C(Sc2ncc(-c3ccc(F)cc3)o2)CCN1c1cccc([N+](=O)[O-])c1. The molecule has 0 spiro atoms. The third-order valence-electron chi connectivity index (χ3n) is 4.36. The van der Waals surface area contributed by atoms with Crippen LogP contribution >= 0.6 is 11.8 Å². The minimum atomic E-state index is -0.486. The topological polar surface area (TPSA) is 89.5 Å². The number of hydrogen-bond acceptors (Lipinski definition) is 6. The van der Waals surface area contributed by atoms with E-state index in [4.69, 9.17) is 4.42 Å². The van der Waals surface area contributed by atoms with Gasteiger partial charge in [-0.1, -0.05) is 17.8 Å². The van der Waals surface area contributed by atoms with Gasteiger partial charge in [0.15, 0.2) is 5.76 Å². The van der Waals surface area contributed by atoms with Gasteiger partial charge in [-0.05, 0) is 36.8 Å². The Morgan fingerprint density at radius 2 is 2.04 bits per heavy atom. The van der Waals surface area contributed by atoms with Crippen molar-refractivity contribution in [2.45, 2.75) is 16.9 Å². The van der Waals surface area contributed by atoms with Gasteiger partial charge in [0.1, 0.15) is 5.82 Å². The zero-order valence-electron chi connectivity index (χ0n) is 14.4. The average molecular weight is 399 g/mol. The summed E-state index contributed by atoms with van der Waals surface area (Å²) in [5.74, 6) is 0.00572. The van der Waals surface area contributed by atoms with Crippen LogP contribution in [0, 0.1) is 15.9 Å². The van der Waals surface area contributed by atoms with Crippen LogP contribution in [0.25, 0.3) is 11.3 Å². The molecule has 7 nitrogen and oxygen atoms in total. The molecule has 1 atom stereocenters. The maximum atomic E-state index is 13.0. The van der Waals surface area contributed by atoms with E-state index in [1.165, 1.54) is 47.1 Å². The number of nitro groups is 1. The number of carbonyl (C=O) groups is 1. The second-order valence-electron chi connectivity index (χ2n) is 6.16. The Morgan fingerprint density at radius 1 is 1.25 bits per heavy atom. The molecule has 4 rings (SSSR count). The predicted molar refractivity (Wildman–Crippen MR) is 102 cm³/mol. The summed E-state index contributed by atoms with van der Waals surface area (Å²) in [6, 6.07) is 11.9. The number of rotatable bonds is 5. The van der Waals surface area contributed by atoms with E-state index in [1.807, 2.05) is 0 Å². The summed E-state index contributed by atoms with van der Waals surface area (Å²) in [5, 5.41) is 10.9. The van der Waals surface area contributed by atoms with Gasteiger partial charge >= 0.3 is 0 Å². The lowest BCUT2D eigenvalue weighted by Crippen LogP contribution is -2.28. The molecule has 0 bridgehead atoms. The normalized spacial score (nSPS) is 16.5. The van der Waals surface area contributed by atoms with E-state index in [-0.39, 0.29) is 22.7 Å². The number of non-ortho nitro benzene ring substituents is 1. The van der Waals surface area contributed by atoms with Crippen molar-refractivity contribution in [2.24, 2.45) is 0 Å². The molecular formula is C19H14FN3O4S. The summed E-state index contributed by atoms with van der Waals surface area (Å²) < 4.78 is 18.7. The Balaban J connectivity index is 1.47. The first-order valence-corrected chi connectivity index (χ1v) is 9.33. The molecule has 0 aliphatic carbocycles. The number of nitrogens with zero attached hydrogens (tertiary/aromatic N) is 3. The molecule has 0 N–H and O–H groups in total. The minimum Gasteiger partial charge on any atom is -0.431 e. The van der Waals surface area contributed by atoms with E-state index in [2.05, 4.69) is 4.98 Å². The number of halogens is 1. The summed E-state index contributed by atoms with van der Waals surface area (Å²) in [6.45, 7) is 0.462. The van der Waals surface area contributed by atoms with Crippen LogP contribution in [-0.2, 0) is 4.79 Å². The van der Waals surface area contributed by atoms with Gasteiger partial charge in [-0.3, -0.25) is 14.9 Å². The maximum absolute atomic E-state index is 13.0. The largest absolute Gasteiger partial charge is 0.431 e. The molecular weight excluding hydrogens is 385 g/mol. The Kier molecular flexibility index (Phi) is 4.82. The molecule has 142 valence electrons. The van der Waals surface area contributed by atoms with Gasteiger partial charge in [-0.25, -0.2) is 9.37 Å². The number of nitro benzene ring substituents is 1. The number of anilines is 1. The van der Waals surface area contributed by atoms with E-state index in [0.717, 1.165) is 0 Å². The quantitative estimate of drug-likeness (QED) is 0.470. The lowest BCUT2D eigenvalue weighted by molar-refractivity contribution is -0.384. The van der Waals surface area contributed by atoms with Crippen molar-refractivity contribution in [1.29, 1.82) is 0 Å². The minimum absolute atomic E-state index is 0.0574. The number of aromatic nitrogens is 1. The van der Waals surface area contributed by atoms with E-state index in [9.17, 15) is 19.3 Å². The first-order valence-electron chi connectivity index (χ1n) is 8.45. The van der Waals surface area contributed by atoms with E-state index in [1.54, 1.807) is 24.3 Å². The zero-order chi connectivity index (χ0) is 19.7. The third-order valence-corrected chi connectivity index (χ3v) is 5.48. The molecule has 28 heavy (non-hydrogen) atoms. The second-order valence-corrected chi connectivity index (χ2v) is 7.31. The summed E-state index contributed by atoms with van der Waals surface area (Å²) in [7, 11) is 0. The van der Waals surface area contributed by atoms with Crippen molar-refractivity contribution in [3.8, 4) is 11.3 Å². The lowest BCUT2D eigenvalue weighted by atomic mass is 10.2. The number of amides is 1. The Hall–Kier alpha value is -3.20.